The lowest BCUT2D eigenvalue weighted by atomic mass is 10.1. The zero-order valence-corrected chi connectivity index (χ0v) is 16.6. The van der Waals surface area contributed by atoms with Crippen LogP contribution in [0.25, 0.3) is 0 Å². The normalized spacial score (nSPS) is 13.0. The van der Waals surface area contributed by atoms with Gasteiger partial charge in [0.1, 0.15) is 6.04 Å². The first-order valence-corrected chi connectivity index (χ1v) is 10.1. The van der Waals surface area contributed by atoms with Gasteiger partial charge in [-0.2, -0.15) is 4.72 Å². The van der Waals surface area contributed by atoms with E-state index in [0.717, 1.165) is 0 Å². The third-order valence-corrected chi connectivity index (χ3v) is 5.33. The highest BCUT2D eigenvalue weighted by Gasteiger charge is 2.30. The van der Waals surface area contributed by atoms with Gasteiger partial charge in [-0.1, -0.05) is 48.5 Å². The predicted octanol–water partition coefficient (Wildman–Crippen LogP) is 1.09. The highest BCUT2D eigenvalue weighted by Crippen LogP contribution is 2.19. The molecule has 0 aliphatic rings. The number of urea groups is 1. The Bertz CT molecular complexity index is 964. The summed E-state index contributed by atoms with van der Waals surface area (Å²) in [6.07, 6.45) is -1.44. The second kappa shape index (κ2) is 9.80. The number of imide groups is 1. The van der Waals surface area contributed by atoms with Crippen LogP contribution in [0.3, 0.4) is 0 Å². The zero-order valence-electron chi connectivity index (χ0n) is 15.8. The van der Waals surface area contributed by atoms with Gasteiger partial charge in [-0.3, -0.25) is 14.9 Å². The maximum Gasteiger partial charge on any atom is 0.325 e. The molecule has 0 aliphatic carbocycles. The molecule has 2 rings (SSSR count). The number of hydrogen-bond acceptors (Lipinski definition) is 6. The molecule has 2 aromatic rings. The minimum absolute atomic E-state index is 0.0170. The van der Waals surface area contributed by atoms with Crippen molar-refractivity contribution in [1.82, 2.24) is 15.4 Å². The lowest BCUT2D eigenvalue weighted by Crippen LogP contribution is -2.44. The van der Waals surface area contributed by atoms with E-state index in [-0.39, 0.29) is 4.90 Å². The number of esters is 1. The fraction of sp³-hybridized carbons (Fsp3) is 0.211. The van der Waals surface area contributed by atoms with Crippen molar-refractivity contribution in [2.45, 2.75) is 24.0 Å². The molecule has 9 nitrogen and oxygen atoms in total. The maximum atomic E-state index is 12.5. The van der Waals surface area contributed by atoms with Gasteiger partial charge in [0.25, 0.3) is 5.91 Å². The summed E-state index contributed by atoms with van der Waals surface area (Å²) in [5.41, 5.74) is 0.320. The van der Waals surface area contributed by atoms with Crippen molar-refractivity contribution in [3.8, 4) is 0 Å². The van der Waals surface area contributed by atoms with Crippen LogP contribution >= 0.6 is 0 Å². The van der Waals surface area contributed by atoms with Crippen molar-refractivity contribution in [2.75, 3.05) is 7.05 Å². The average molecular weight is 419 g/mol. The number of ether oxygens (including phenoxy) is 1. The summed E-state index contributed by atoms with van der Waals surface area (Å²) < 4.78 is 32.2. The monoisotopic (exact) mass is 419 g/mol. The molecule has 0 fully saturated rings. The Kier molecular flexibility index (Phi) is 7.46. The van der Waals surface area contributed by atoms with Gasteiger partial charge in [-0.25, -0.2) is 13.2 Å². The smallest absolute Gasteiger partial charge is 0.325 e. The van der Waals surface area contributed by atoms with E-state index in [4.69, 9.17) is 4.74 Å². The fourth-order valence-corrected chi connectivity index (χ4v) is 3.52. The highest BCUT2D eigenvalue weighted by molar-refractivity contribution is 7.89. The maximum absolute atomic E-state index is 12.5. The molecule has 10 heteroatoms. The number of rotatable bonds is 7. The van der Waals surface area contributed by atoms with E-state index in [1.54, 1.807) is 48.5 Å². The van der Waals surface area contributed by atoms with Gasteiger partial charge in [-0.05, 0) is 19.1 Å². The van der Waals surface area contributed by atoms with Crippen molar-refractivity contribution in [2.24, 2.45) is 0 Å². The molecule has 29 heavy (non-hydrogen) atoms. The van der Waals surface area contributed by atoms with Crippen LogP contribution in [0.4, 0.5) is 4.79 Å². The molecule has 0 aliphatic heterocycles. The average Bonchev–Trinajstić information content (AvgIpc) is 2.72. The molecule has 0 bridgehead atoms. The third-order valence-electron chi connectivity index (χ3n) is 3.78. The number of hydrogen-bond donors (Lipinski definition) is 3. The topological polar surface area (TPSA) is 131 Å². The Morgan fingerprint density at radius 1 is 0.931 bits per heavy atom. The van der Waals surface area contributed by atoms with E-state index in [2.05, 4.69) is 10.0 Å². The van der Waals surface area contributed by atoms with Gasteiger partial charge in [0.15, 0.2) is 0 Å². The van der Waals surface area contributed by atoms with Gasteiger partial charge in [0.2, 0.25) is 16.1 Å². The SMILES string of the molecule is CNC(=O)NC(=O)C(OC(=O)C(C)NS(=O)(=O)c1ccccc1)c1ccccc1. The van der Waals surface area contributed by atoms with Crippen LogP contribution in [0.2, 0.25) is 0 Å². The third kappa shape index (κ3) is 6.13. The number of nitrogens with one attached hydrogen (secondary N) is 3. The number of benzene rings is 2. The molecule has 0 radical (unpaired) electrons. The minimum atomic E-state index is -3.96. The number of sulfonamides is 1. The van der Waals surface area contributed by atoms with Crippen LogP contribution in [0.1, 0.15) is 18.6 Å². The molecule has 2 unspecified atom stereocenters. The first kappa shape index (κ1) is 22.1. The summed E-state index contributed by atoms with van der Waals surface area (Å²) >= 11 is 0. The Morgan fingerprint density at radius 2 is 1.48 bits per heavy atom. The molecular weight excluding hydrogens is 398 g/mol. The quantitative estimate of drug-likeness (QED) is 0.576. The summed E-state index contributed by atoms with van der Waals surface area (Å²) in [6, 6.07) is 13.5. The van der Waals surface area contributed by atoms with E-state index in [1.165, 1.54) is 26.1 Å². The lowest BCUT2D eigenvalue weighted by Gasteiger charge is -2.20. The van der Waals surface area contributed by atoms with Gasteiger partial charge in [0, 0.05) is 12.6 Å². The zero-order chi connectivity index (χ0) is 21.4. The summed E-state index contributed by atoms with van der Waals surface area (Å²) in [5, 5.41) is 4.27. The molecule has 3 N–H and O–H groups in total. The molecule has 0 heterocycles. The molecule has 3 amide bonds. The van der Waals surface area contributed by atoms with Crippen molar-refractivity contribution < 1.29 is 27.5 Å². The molecule has 154 valence electrons. The van der Waals surface area contributed by atoms with Crippen molar-refractivity contribution >= 4 is 27.9 Å². The van der Waals surface area contributed by atoms with Crippen LogP contribution < -0.4 is 15.4 Å². The standard InChI is InChI=1S/C19H21N3O6S/c1-13(22-29(26,27)15-11-7-4-8-12-15)18(24)28-16(14-9-5-3-6-10-14)17(23)21-19(25)20-2/h3-13,16,22H,1-2H3,(H2,20,21,23,25). The number of carbonyl (C=O) groups is 3. The molecule has 0 saturated carbocycles. The van der Waals surface area contributed by atoms with Gasteiger partial charge < -0.3 is 10.1 Å². The number of carbonyl (C=O) groups excluding carboxylic acids is 3. The largest absolute Gasteiger partial charge is 0.446 e. The molecule has 0 saturated heterocycles. The summed E-state index contributed by atoms with van der Waals surface area (Å²) in [7, 11) is -2.64. The van der Waals surface area contributed by atoms with E-state index < -0.39 is 40.1 Å². The highest BCUT2D eigenvalue weighted by atomic mass is 32.2. The van der Waals surface area contributed by atoms with Crippen LogP contribution in [0, 0.1) is 0 Å². The van der Waals surface area contributed by atoms with E-state index in [9.17, 15) is 22.8 Å². The van der Waals surface area contributed by atoms with Crippen molar-refractivity contribution in [3.63, 3.8) is 0 Å². The van der Waals surface area contributed by atoms with Gasteiger partial charge >= 0.3 is 12.0 Å². The predicted molar refractivity (Wildman–Crippen MR) is 104 cm³/mol. The van der Waals surface area contributed by atoms with E-state index >= 15 is 0 Å². The Hall–Kier alpha value is -3.24. The van der Waals surface area contributed by atoms with Crippen LogP contribution in [-0.2, 0) is 24.3 Å². The first-order valence-electron chi connectivity index (χ1n) is 8.60. The molecular formula is C19H21N3O6S. The Morgan fingerprint density at radius 3 is 2.03 bits per heavy atom. The van der Waals surface area contributed by atoms with Crippen LogP contribution in [-0.4, -0.2) is 39.4 Å². The molecule has 2 atom stereocenters. The molecule has 2 aromatic carbocycles. The molecule has 0 aromatic heterocycles. The van der Waals surface area contributed by atoms with Gasteiger partial charge in [-0.15, -0.1) is 0 Å². The second-order valence-corrected chi connectivity index (χ2v) is 7.67. The van der Waals surface area contributed by atoms with E-state index in [0.29, 0.717) is 5.56 Å². The molecule has 0 spiro atoms. The lowest BCUT2D eigenvalue weighted by molar-refractivity contribution is -0.157. The Balaban J connectivity index is 2.16. The fourth-order valence-electron chi connectivity index (χ4n) is 2.31. The number of amides is 3. The second-order valence-electron chi connectivity index (χ2n) is 5.95. The summed E-state index contributed by atoms with van der Waals surface area (Å²) in [6.45, 7) is 1.29. The summed E-state index contributed by atoms with van der Waals surface area (Å²) in [5.74, 6) is -1.85. The first-order chi connectivity index (χ1) is 13.7. The van der Waals surface area contributed by atoms with Gasteiger partial charge in [0.05, 0.1) is 4.90 Å². The Labute approximate surface area is 168 Å². The van der Waals surface area contributed by atoms with Crippen molar-refractivity contribution in [3.05, 3.63) is 66.2 Å². The minimum Gasteiger partial charge on any atom is -0.446 e. The van der Waals surface area contributed by atoms with Crippen LogP contribution in [0.15, 0.2) is 65.6 Å². The van der Waals surface area contributed by atoms with Crippen molar-refractivity contribution in [1.29, 1.82) is 0 Å². The summed E-state index contributed by atoms with van der Waals surface area (Å²) in [4.78, 5) is 36.3. The van der Waals surface area contributed by atoms with E-state index in [1.807, 2.05) is 5.32 Å². The van der Waals surface area contributed by atoms with Crippen LogP contribution in [0.5, 0.6) is 0 Å².